The van der Waals surface area contributed by atoms with Crippen LogP contribution >= 0.6 is 0 Å². The first-order valence-corrected chi connectivity index (χ1v) is 7.57. The maximum absolute atomic E-state index is 11.9. The Morgan fingerprint density at radius 3 is 2.30 bits per heavy atom. The topological polar surface area (TPSA) is 44.4 Å². The summed E-state index contributed by atoms with van der Waals surface area (Å²) in [7, 11) is 2.17. The monoisotopic (exact) mass is 273 g/mol. The van der Waals surface area contributed by atoms with E-state index >= 15 is 0 Å². The van der Waals surface area contributed by atoms with Crippen LogP contribution in [0.3, 0.4) is 0 Å². The highest BCUT2D eigenvalue weighted by Crippen LogP contribution is 2.20. The number of benzene rings is 1. The van der Waals surface area contributed by atoms with Crippen LogP contribution in [0.25, 0.3) is 0 Å². The number of nitrogens with one attached hydrogen (secondary N) is 2. The minimum atomic E-state index is 0.0540. The van der Waals surface area contributed by atoms with Crippen molar-refractivity contribution in [1.82, 2.24) is 10.2 Å². The van der Waals surface area contributed by atoms with Crippen LogP contribution in [0.2, 0.25) is 0 Å². The third kappa shape index (κ3) is 3.51. The molecule has 108 valence electrons. The van der Waals surface area contributed by atoms with E-state index in [1.807, 2.05) is 24.3 Å². The van der Waals surface area contributed by atoms with Crippen molar-refractivity contribution in [2.24, 2.45) is 0 Å². The summed E-state index contributed by atoms with van der Waals surface area (Å²) in [5.41, 5.74) is 1.87. The van der Waals surface area contributed by atoms with Crippen molar-refractivity contribution in [1.29, 1.82) is 0 Å². The van der Waals surface area contributed by atoms with Gasteiger partial charge < -0.3 is 15.5 Å². The van der Waals surface area contributed by atoms with Crippen molar-refractivity contribution in [2.45, 2.75) is 37.8 Å². The van der Waals surface area contributed by atoms with Gasteiger partial charge in [-0.15, -0.1) is 0 Å². The minimum Gasteiger partial charge on any atom is -0.382 e. The molecule has 20 heavy (non-hydrogen) atoms. The van der Waals surface area contributed by atoms with Crippen molar-refractivity contribution >= 4 is 11.6 Å². The summed E-state index contributed by atoms with van der Waals surface area (Å²) in [6.07, 6.45) is 4.61. The molecule has 4 heteroatoms. The maximum atomic E-state index is 11.9. The molecule has 3 rings (SSSR count). The van der Waals surface area contributed by atoms with Crippen LogP contribution in [0.15, 0.2) is 24.3 Å². The Balaban J connectivity index is 1.54. The molecule has 0 radical (unpaired) electrons. The largest absolute Gasteiger partial charge is 0.382 e. The van der Waals surface area contributed by atoms with E-state index in [-0.39, 0.29) is 5.91 Å². The molecular formula is C16H23N3O. The number of amides is 1. The molecule has 2 N–H and O–H groups in total. The molecular weight excluding hydrogens is 250 g/mol. The molecule has 1 aromatic carbocycles. The third-order valence-electron chi connectivity index (χ3n) is 4.15. The van der Waals surface area contributed by atoms with Crippen molar-refractivity contribution in [3.8, 4) is 0 Å². The summed E-state index contributed by atoms with van der Waals surface area (Å²) >= 11 is 0. The molecule has 1 aliphatic carbocycles. The van der Waals surface area contributed by atoms with Gasteiger partial charge >= 0.3 is 0 Å². The molecule has 0 unspecified atom stereocenters. The van der Waals surface area contributed by atoms with E-state index in [0.717, 1.165) is 37.2 Å². The number of carbonyl (C=O) groups excluding carboxylic acids is 1. The molecule has 1 aromatic rings. The van der Waals surface area contributed by atoms with Crippen LogP contribution in [-0.2, 0) is 0 Å². The van der Waals surface area contributed by atoms with Gasteiger partial charge in [0, 0.05) is 23.3 Å². The number of anilines is 1. The summed E-state index contributed by atoms with van der Waals surface area (Å²) in [5, 5.41) is 6.57. The predicted molar refractivity (Wildman–Crippen MR) is 81.1 cm³/mol. The number of rotatable bonds is 4. The van der Waals surface area contributed by atoms with E-state index in [1.165, 1.54) is 12.8 Å². The molecule has 0 bridgehead atoms. The lowest BCUT2D eigenvalue weighted by Gasteiger charge is -2.30. The fourth-order valence-electron chi connectivity index (χ4n) is 2.60. The van der Waals surface area contributed by atoms with Gasteiger partial charge in [0.2, 0.25) is 0 Å². The fourth-order valence-corrected chi connectivity index (χ4v) is 2.60. The molecule has 4 nitrogen and oxygen atoms in total. The van der Waals surface area contributed by atoms with Gasteiger partial charge in [-0.1, -0.05) is 0 Å². The smallest absolute Gasteiger partial charge is 0.251 e. The summed E-state index contributed by atoms with van der Waals surface area (Å²) < 4.78 is 0. The van der Waals surface area contributed by atoms with E-state index < -0.39 is 0 Å². The predicted octanol–water partition coefficient (Wildman–Crippen LogP) is 2.08. The molecule has 2 fully saturated rings. The van der Waals surface area contributed by atoms with Crippen LogP contribution in [0.1, 0.15) is 36.0 Å². The number of nitrogens with zero attached hydrogens (tertiary/aromatic N) is 1. The van der Waals surface area contributed by atoms with Crippen LogP contribution < -0.4 is 10.6 Å². The number of hydrogen-bond donors (Lipinski definition) is 2. The van der Waals surface area contributed by atoms with Crippen LogP contribution in [0.5, 0.6) is 0 Å². The quantitative estimate of drug-likeness (QED) is 0.883. The summed E-state index contributed by atoms with van der Waals surface area (Å²) in [6, 6.07) is 8.82. The highest BCUT2D eigenvalue weighted by Gasteiger charge is 2.23. The second-order valence-corrected chi connectivity index (χ2v) is 6.05. The first kappa shape index (κ1) is 13.4. The standard InChI is InChI=1S/C16H23N3O/c1-19-10-8-15(9-11-19)17-13-4-2-12(3-5-13)16(20)18-14-6-7-14/h2-5,14-15,17H,6-11H2,1H3,(H,18,20). The molecule has 1 aliphatic heterocycles. The Kier molecular flexibility index (Phi) is 3.92. The van der Waals surface area contributed by atoms with Gasteiger partial charge in [0.1, 0.15) is 0 Å². The number of likely N-dealkylation sites (tertiary alicyclic amines) is 1. The van der Waals surface area contributed by atoms with Gasteiger partial charge in [-0.05, 0) is 70.1 Å². The highest BCUT2D eigenvalue weighted by atomic mass is 16.1. The molecule has 0 atom stereocenters. The van der Waals surface area contributed by atoms with Crippen LogP contribution in [-0.4, -0.2) is 43.0 Å². The van der Waals surface area contributed by atoms with E-state index in [2.05, 4.69) is 22.6 Å². The zero-order valence-corrected chi connectivity index (χ0v) is 12.1. The van der Waals surface area contributed by atoms with Gasteiger partial charge in [0.05, 0.1) is 0 Å². The average molecular weight is 273 g/mol. The second-order valence-electron chi connectivity index (χ2n) is 6.05. The molecule has 0 spiro atoms. The first-order chi connectivity index (χ1) is 9.70. The van der Waals surface area contributed by atoms with Gasteiger partial charge in [0.15, 0.2) is 0 Å². The van der Waals surface area contributed by atoms with Gasteiger partial charge in [0.25, 0.3) is 5.91 Å². The first-order valence-electron chi connectivity index (χ1n) is 7.57. The molecule has 1 amide bonds. The average Bonchev–Trinajstić information content (AvgIpc) is 3.26. The highest BCUT2D eigenvalue weighted by molar-refractivity contribution is 5.94. The molecule has 2 aliphatic rings. The van der Waals surface area contributed by atoms with E-state index in [1.54, 1.807) is 0 Å². The number of carbonyl (C=O) groups is 1. The van der Waals surface area contributed by atoms with Crippen molar-refractivity contribution in [3.63, 3.8) is 0 Å². The Labute approximate surface area is 120 Å². The number of piperidine rings is 1. The van der Waals surface area contributed by atoms with E-state index in [0.29, 0.717) is 12.1 Å². The van der Waals surface area contributed by atoms with E-state index in [4.69, 9.17) is 0 Å². The lowest BCUT2D eigenvalue weighted by molar-refractivity contribution is 0.0951. The zero-order chi connectivity index (χ0) is 13.9. The van der Waals surface area contributed by atoms with Crippen molar-refractivity contribution in [2.75, 3.05) is 25.5 Å². The lowest BCUT2D eigenvalue weighted by atomic mass is 10.0. The Morgan fingerprint density at radius 2 is 1.70 bits per heavy atom. The van der Waals surface area contributed by atoms with Crippen LogP contribution in [0.4, 0.5) is 5.69 Å². The van der Waals surface area contributed by atoms with Gasteiger partial charge in [-0.25, -0.2) is 0 Å². The Morgan fingerprint density at radius 1 is 1.05 bits per heavy atom. The molecule has 1 saturated heterocycles. The molecule has 1 heterocycles. The fraction of sp³-hybridized carbons (Fsp3) is 0.562. The third-order valence-corrected chi connectivity index (χ3v) is 4.15. The van der Waals surface area contributed by atoms with Crippen molar-refractivity contribution < 1.29 is 4.79 Å². The van der Waals surface area contributed by atoms with Gasteiger partial charge in [-0.3, -0.25) is 4.79 Å². The molecule has 0 aromatic heterocycles. The summed E-state index contributed by atoms with van der Waals surface area (Å²) in [5.74, 6) is 0.0540. The van der Waals surface area contributed by atoms with Crippen molar-refractivity contribution in [3.05, 3.63) is 29.8 Å². The zero-order valence-electron chi connectivity index (χ0n) is 12.1. The van der Waals surface area contributed by atoms with Gasteiger partial charge in [-0.2, -0.15) is 0 Å². The maximum Gasteiger partial charge on any atom is 0.251 e. The van der Waals surface area contributed by atoms with E-state index in [9.17, 15) is 4.79 Å². The Hall–Kier alpha value is -1.55. The summed E-state index contributed by atoms with van der Waals surface area (Å²) in [6.45, 7) is 2.30. The SMILES string of the molecule is CN1CCC(Nc2ccc(C(=O)NC3CC3)cc2)CC1. The second kappa shape index (κ2) is 5.83. The molecule has 1 saturated carbocycles. The minimum absolute atomic E-state index is 0.0540. The number of hydrogen-bond acceptors (Lipinski definition) is 3. The summed E-state index contributed by atoms with van der Waals surface area (Å²) in [4.78, 5) is 14.3. The Bertz CT molecular complexity index is 459. The van der Waals surface area contributed by atoms with Crippen LogP contribution in [0, 0.1) is 0 Å². The lowest BCUT2D eigenvalue weighted by Crippen LogP contribution is -2.36. The normalized spacial score (nSPS) is 20.6.